The number of nitro benzene ring substituents is 1. The molecule has 14 heteroatoms. The molecule has 202 valence electrons. The van der Waals surface area contributed by atoms with Crippen LogP contribution in [0.5, 0.6) is 0 Å². The first-order valence-electron chi connectivity index (χ1n) is 12.2. The minimum Gasteiger partial charge on any atom is -0.363 e. The van der Waals surface area contributed by atoms with Crippen molar-refractivity contribution in [3.8, 4) is 0 Å². The molecule has 3 aliphatic heterocycles. The average Bonchev–Trinajstić information content (AvgIpc) is 2.72. The predicted molar refractivity (Wildman–Crippen MR) is 140 cm³/mol. The van der Waals surface area contributed by atoms with E-state index in [1.54, 1.807) is 0 Å². The van der Waals surface area contributed by atoms with Gasteiger partial charge in [-0.05, 0) is 44.5 Å². The van der Waals surface area contributed by atoms with Gasteiger partial charge in [0.15, 0.2) is 0 Å². The summed E-state index contributed by atoms with van der Waals surface area (Å²) < 4.78 is 63.5. The van der Waals surface area contributed by atoms with Crippen LogP contribution in [0.3, 0.4) is 0 Å². The highest BCUT2D eigenvalue weighted by Gasteiger charge is 2.40. The molecule has 11 nitrogen and oxygen atoms in total. The predicted octanol–water partition coefficient (Wildman–Crippen LogP) is 1.85. The maximum absolute atomic E-state index is 13.4. The van der Waals surface area contributed by atoms with Gasteiger partial charge < -0.3 is 9.46 Å². The number of sulfone groups is 1. The number of nitro groups is 1. The van der Waals surface area contributed by atoms with Crippen LogP contribution in [0.15, 0.2) is 17.0 Å². The van der Waals surface area contributed by atoms with E-state index in [0.717, 1.165) is 13.1 Å². The summed E-state index contributed by atoms with van der Waals surface area (Å²) in [6.45, 7) is 6.44. The lowest BCUT2D eigenvalue weighted by Crippen LogP contribution is -2.61. The highest BCUT2D eigenvalue weighted by Crippen LogP contribution is 2.44. The molecule has 0 bridgehead atoms. The lowest BCUT2D eigenvalue weighted by Gasteiger charge is -2.48. The topological polar surface area (TPSA) is 138 Å². The highest BCUT2D eigenvalue weighted by molar-refractivity contribution is 7.90. The zero-order valence-electron chi connectivity index (χ0n) is 21.0. The number of nitrogens with zero attached hydrogens (tertiary/aromatic N) is 4. The summed E-state index contributed by atoms with van der Waals surface area (Å²) in [5.74, 6) is -0.0562. The van der Waals surface area contributed by atoms with Crippen molar-refractivity contribution in [2.45, 2.75) is 30.7 Å². The van der Waals surface area contributed by atoms with Crippen LogP contribution in [-0.4, -0.2) is 107 Å². The summed E-state index contributed by atoms with van der Waals surface area (Å²) in [5, 5.41) is 12.0. The van der Waals surface area contributed by atoms with E-state index in [1.807, 2.05) is 11.6 Å². The van der Waals surface area contributed by atoms with Crippen LogP contribution in [0.1, 0.15) is 18.4 Å². The average molecular weight is 563 g/mol. The Balaban J connectivity index is 1.49. The molecule has 0 saturated carbocycles. The number of piperidine rings is 1. The zero-order chi connectivity index (χ0) is 26.5. The van der Waals surface area contributed by atoms with Crippen LogP contribution < -0.4 is 4.90 Å². The summed E-state index contributed by atoms with van der Waals surface area (Å²) in [5.41, 5.74) is 0.333. The molecule has 3 aliphatic rings. The van der Waals surface area contributed by atoms with Gasteiger partial charge in [-0.15, -0.1) is 0 Å². The molecular formula is C22H35N4O7PS2. The van der Waals surface area contributed by atoms with Gasteiger partial charge in [-0.2, -0.15) is 4.31 Å². The van der Waals surface area contributed by atoms with E-state index in [2.05, 4.69) is 4.90 Å². The van der Waals surface area contributed by atoms with Crippen molar-refractivity contribution in [1.29, 1.82) is 0 Å². The van der Waals surface area contributed by atoms with E-state index in [4.69, 9.17) is 0 Å². The van der Waals surface area contributed by atoms with E-state index >= 15 is 0 Å². The minimum absolute atomic E-state index is 0.0338. The first kappa shape index (κ1) is 27.5. The van der Waals surface area contributed by atoms with E-state index in [0.29, 0.717) is 43.9 Å². The largest absolute Gasteiger partial charge is 0.363 e. The van der Waals surface area contributed by atoms with E-state index < -0.39 is 31.9 Å². The summed E-state index contributed by atoms with van der Waals surface area (Å²) in [6, 6.07) is 3.22. The molecule has 0 atom stereocenters. The van der Waals surface area contributed by atoms with Crippen molar-refractivity contribution < 1.29 is 26.3 Å². The fourth-order valence-corrected chi connectivity index (χ4v) is 9.93. The van der Waals surface area contributed by atoms with Gasteiger partial charge in [0.25, 0.3) is 5.69 Å². The normalized spacial score (nSPS) is 22.9. The van der Waals surface area contributed by atoms with E-state index in [9.17, 15) is 31.5 Å². The standard InChI is InChI=1S/C22H35N4O7PS2/c1-17-21(36(32,33)25-8-6-18(7-9-25)16-35(3,30)31)5-4-20(22(17)26(27)28)24-14-19(15-24)23-10-12-34(2,29)13-11-23/h4-5,18-19H,6-16H2,1-3H3. The number of hydrogen-bond donors (Lipinski definition) is 0. The molecule has 0 spiro atoms. The minimum atomic E-state index is -3.96. The Morgan fingerprint density at radius 3 is 2.17 bits per heavy atom. The first-order chi connectivity index (χ1) is 16.7. The lowest BCUT2D eigenvalue weighted by molar-refractivity contribution is -0.384. The van der Waals surface area contributed by atoms with Crippen LogP contribution >= 0.6 is 7.14 Å². The van der Waals surface area contributed by atoms with Crippen LogP contribution in [0.25, 0.3) is 0 Å². The number of benzene rings is 1. The van der Waals surface area contributed by atoms with Crippen molar-refractivity contribution in [2.75, 3.05) is 75.2 Å². The maximum atomic E-state index is 13.4. The monoisotopic (exact) mass is 562 g/mol. The third kappa shape index (κ3) is 5.80. The van der Waals surface area contributed by atoms with Crippen molar-refractivity contribution in [1.82, 2.24) is 9.21 Å². The van der Waals surface area contributed by atoms with Crippen molar-refractivity contribution >= 4 is 38.4 Å². The van der Waals surface area contributed by atoms with Gasteiger partial charge in [0.05, 0.1) is 22.7 Å². The Hall–Kier alpha value is -1.53. The van der Waals surface area contributed by atoms with Gasteiger partial charge in [-0.3, -0.25) is 15.0 Å². The second kappa shape index (κ2) is 9.98. The zero-order valence-corrected chi connectivity index (χ0v) is 23.5. The van der Waals surface area contributed by atoms with Crippen LogP contribution in [0.2, 0.25) is 0 Å². The number of rotatable bonds is 7. The molecule has 36 heavy (non-hydrogen) atoms. The Bertz CT molecular complexity index is 1280. The molecule has 0 unspecified atom stereocenters. The molecule has 3 heterocycles. The third-order valence-electron chi connectivity index (χ3n) is 7.71. The van der Waals surface area contributed by atoms with Gasteiger partial charge in [0, 0.05) is 69.5 Å². The first-order valence-corrected chi connectivity index (χ1v) is 18.2. The fourth-order valence-electron chi connectivity index (χ4n) is 5.47. The van der Waals surface area contributed by atoms with Crippen molar-refractivity contribution in [3.63, 3.8) is 0 Å². The van der Waals surface area contributed by atoms with Crippen molar-refractivity contribution in [2.24, 2.45) is 5.92 Å². The second-order valence-corrected chi connectivity index (χ2v) is 18.2. The maximum Gasteiger partial charge on any atom is 0.296 e. The highest BCUT2D eigenvalue weighted by atomic mass is 32.2. The number of sulfonamides is 1. The lowest BCUT2D eigenvalue weighted by atomic mass is 10.0. The van der Waals surface area contributed by atoms with Crippen LogP contribution in [-0.2, 0) is 24.4 Å². The smallest absolute Gasteiger partial charge is 0.296 e. The molecule has 1 aromatic carbocycles. The SMILES string of the molecule is Cc1c(S(=O)(=O)N2CCC(CS(C)(=O)=O)CC2)ccc(N2CC(N3CCP(C)(=O)CC3)C2)c1[N+](=O)[O-]. The van der Waals surface area contributed by atoms with Gasteiger partial charge in [-0.25, -0.2) is 16.8 Å². The molecule has 3 fully saturated rings. The summed E-state index contributed by atoms with van der Waals surface area (Å²) in [4.78, 5) is 15.7. The third-order valence-corrected chi connectivity index (χ3v) is 13.1. The molecule has 0 N–H and O–H groups in total. The van der Waals surface area contributed by atoms with Crippen LogP contribution in [0.4, 0.5) is 11.4 Å². The quantitative estimate of drug-likeness (QED) is 0.277. The van der Waals surface area contributed by atoms with Crippen molar-refractivity contribution in [3.05, 3.63) is 27.8 Å². The molecular weight excluding hydrogens is 527 g/mol. The Morgan fingerprint density at radius 1 is 1.06 bits per heavy atom. The number of anilines is 1. The van der Waals surface area contributed by atoms with Gasteiger partial charge in [0.1, 0.15) is 15.5 Å². The molecule has 0 aromatic heterocycles. The second-order valence-electron chi connectivity index (χ2n) is 10.6. The molecule has 1 aromatic rings. The van der Waals surface area contributed by atoms with E-state index in [-0.39, 0.29) is 46.9 Å². The Labute approximate surface area is 213 Å². The Morgan fingerprint density at radius 2 is 1.64 bits per heavy atom. The molecule has 0 aliphatic carbocycles. The Kier molecular flexibility index (Phi) is 7.62. The summed E-state index contributed by atoms with van der Waals surface area (Å²) in [6.07, 6.45) is 3.44. The van der Waals surface area contributed by atoms with Crippen LogP contribution in [0, 0.1) is 23.0 Å². The number of hydrogen-bond acceptors (Lipinski definition) is 9. The van der Waals surface area contributed by atoms with Gasteiger partial charge >= 0.3 is 0 Å². The van der Waals surface area contributed by atoms with E-state index in [1.165, 1.54) is 29.6 Å². The molecule has 0 radical (unpaired) electrons. The summed E-state index contributed by atoms with van der Waals surface area (Å²) >= 11 is 0. The molecule has 3 saturated heterocycles. The molecule has 0 amide bonds. The fraction of sp³-hybridized carbons (Fsp3) is 0.727. The molecule has 4 rings (SSSR count). The summed E-state index contributed by atoms with van der Waals surface area (Å²) in [7, 11) is -9.13. The van der Waals surface area contributed by atoms with Gasteiger partial charge in [-0.1, -0.05) is 0 Å². The van der Waals surface area contributed by atoms with Gasteiger partial charge in [0.2, 0.25) is 10.0 Å².